The molecule has 0 unspecified atom stereocenters. The van der Waals surface area contributed by atoms with Gasteiger partial charge in [-0.15, -0.1) is 23.7 Å². The van der Waals surface area contributed by atoms with Gasteiger partial charge in [0, 0.05) is 29.5 Å². The van der Waals surface area contributed by atoms with E-state index in [9.17, 15) is 4.79 Å². The number of carbonyl (C=O) groups excluding carboxylic acids is 1. The standard InChI is InChI=1S/C15H16ClN3OS.ClH/c16-11-3-1-10(2-4-11)8-19(12-5-6-12)15(20)13-9-21-14(7-17)18-13;/h1-4,9,12H,5-8,17H2;1H. The van der Waals surface area contributed by atoms with Crippen molar-refractivity contribution in [3.8, 4) is 0 Å². The Morgan fingerprint density at radius 3 is 2.59 bits per heavy atom. The van der Waals surface area contributed by atoms with Crippen LogP contribution in [-0.2, 0) is 13.1 Å². The molecule has 2 N–H and O–H groups in total. The first-order chi connectivity index (χ1) is 10.2. The van der Waals surface area contributed by atoms with Gasteiger partial charge in [0.15, 0.2) is 0 Å². The summed E-state index contributed by atoms with van der Waals surface area (Å²) in [5.41, 5.74) is 7.14. The molecule has 1 fully saturated rings. The second-order valence-corrected chi connectivity index (χ2v) is 6.50. The van der Waals surface area contributed by atoms with Crippen LogP contribution in [0, 0.1) is 0 Å². The molecule has 1 amide bonds. The van der Waals surface area contributed by atoms with Crippen LogP contribution in [0.5, 0.6) is 0 Å². The molecule has 3 rings (SSSR count). The van der Waals surface area contributed by atoms with Crippen molar-refractivity contribution < 1.29 is 4.79 Å². The minimum Gasteiger partial charge on any atom is -0.330 e. The van der Waals surface area contributed by atoms with Gasteiger partial charge in [0.05, 0.1) is 0 Å². The van der Waals surface area contributed by atoms with Crippen LogP contribution in [0.1, 0.15) is 33.9 Å². The maximum absolute atomic E-state index is 12.6. The third-order valence-electron chi connectivity index (χ3n) is 3.46. The summed E-state index contributed by atoms with van der Waals surface area (Å²) in [7, 11) is 0. The van der Waals surface area contributed by atoms with Crippen molar-refractivity contribution in [1.82, 2.24) is 9.88 Å². The summed E-state index contributed by atoms with van der Waals surface area (Å²) >= 11 is 7.33. The number of thiazole rings is 1. The van der Waals surface area contributed by atoms with Gasteiger partial charge < -0.3 is 10.6 Å². The van der Waals surface area contributed by atoms with E-state index in [1.54, 1.807) is 5.38 Å². The summed E-state index contributed by atoms with van der Waals surface area (Å²) in [6.45, 7) is 0.967. The highest BCUT2D eigenvalue weighted by Crippen LogP contribution is 2.30. The number of aromatic nitrogens is 1. The van der Waals surface area contributed by atoms with E-state index in [0.29, 0.717) is 29.8 Å². The average Bonchev–Trinajstić information content (AvgIpc) is 3.22. The summed E-state index contributed by atoms with van der Waals surface area (Å²) in [5, 5.41) is 3.29. The summed E-state index contributed by atoms with van der Waals surface area (Å²) in [4.78, 5) is 18.8. The Kier molecular flexibility index (Phi) is 5.81. The second-order valence-electron chi connectivity index (χ2n) is 5.12. The molecule has 2 aromatic rings. The molecule has 0 radical (unpaired) electrons. The molecule has 1 saturated carbocycles. The zero-order valence-corrected chi connectivity index (χ0v) is 14.3. The van der Waals surface area contributed by atoms with Crippen LogP contribution in [-0.4, -0.2) is 21.8 Å². The van der Waals surface area contributed by atoms with Crippen molar-refractivity contribution >= 4 is 41.3 Å². The maximum atomic E-state index is 12.6. The molecule has 0 spiro atoms. The minimum absolute atomic E-state index is 0. The molecule has 1 heterocycles. The highest BCUT2D eigenvalue weighted by molar-refractivity contribution is 7.09. The number of hydrogen-bond donors (Lipinski definition) is 1. The van der Waals surface area contributed by atoms with E-state index in [0.717, 1.165) is 23.4 Å². The van der Waals surface area contributed by atoms with Crippen molar-refractivity contribution in [3.05, 3.63) is 50.9 Å². The van der Waals surface area contributed by atoms with E-state index in [4.69, 9.17) is 17.3 Å². The summed E-state index contributed by atoms with van der Waals surface area (Å²) < 4.78 is 0. The number of halogens is 2. The Hall–Kier alpha value is -1.14. The SMILES string of the molecule is Cl.NCc1nc(C(=O)N(Cc2ccc(Cl)cc2)C2CC2)cs1. The van der Waals surface area contributed by atoms with Gasteiger partial charge in [-0.3, -0.25) is 4.79 Å². The van der Waals surface area contributed by atoms with E-state index in [2.05, 4.69) is 4.98 Å². The van der Waals surface area contributed by atoms with E-state index in [1.165, 1.54) is 11.3 Å². The fourth-order valence-electron chi connectivity index (χ4n) is 2.19. The number of hydrogen-bond acceptors (Lipinski definition) is 4. The van der Waals surface area contributed by atoms with Crippen molar-refractivity contribution in [2.75, 3.05) is 0 Å². The van der Waals surface area contributed by atoms with E-state index >= 15 is 0 Å². The number of amides is 1. The van der Waals surface area contributed by atoms with Crippen LogP contribution in [0.4, 0.5) is 0 Å². The second kappa shape index (κ2) is 7.42. The molecule has 7 heteroatoms. The lowest BCUT2D eigenvalue weighted by atomic mass is 10.2. The number of rotatable bonds is 5. The van der Waals surface area contributed by atoms with Crippen LogP contribution in [0.3, 0.4) is 0 Å². The first kappa shape index (κ1) is 17.2. The zero-order valence-electron chi connectivity index (χ0n) is 11.9. The molecule has 1 aliphatic rings. The average molecular weight is 358 g/mol. The van der Waals surface area contributed by atoms with Gasteiger partial charge in [-0.05, 0) is 30.5 Å². The van der Waals surface area contributed by atoms with Crippen molar-refractivity contribution in [2.24, 2.45) is 5.73 Å². The lowest BCUT2D eigenvalue weighted by Gasteiger charge is -2.21. The third kappa shape index (κ3) is 3.98. The van der Waals surface area contributed by atoms with Crippen LogP contribution in [0.15, 0.2) is 29.6 Å². The highest BCUT2D eigenvalue weighted by Gasteiger charge is 2.33. The quantitative estimate of drug-likeness (QED) is 0.890. The Morgan fingerprint density at radius 1 is 1.36 bits per heavy atom. The van der Waals surface area contributed by atoms with Gasteiger partial charge in [0.2, 0.25) is 0 Å². The van der Waals surface area contributed by atoms with Crippen LogP contribution >= 0.6 is 35.3 Å². The Morgan fingerprint density at radius 2 is 2.05 bits per heavy atom. The Labute approximate surface area is 144 Å². The van der Waals surface area contributed by atoms with E-state index < -0.39 is 0 Å². The Bertz CT molecular complexity index is 640. The molecular formula is C15H17Cl2N3OS. The fraction of sp³-hybridized carbons (Fsp3) is 0.333. The van der Waals surface area contributed by atoms with Gasteiger partial charge in [-0.1, -0.05) is 23.7 Å². The maximum Gasteiger partial charge on any atom is 0.273 e. The van der Waals surface area contributed by atoms with Gasteiger partial charge in [-0.25, -0.2) is 4.98 Å². The minimum atomic E-state index is -0.0107. The first-order valence-electron chi connectivity index (χ1n) is 6.87. The molecule has 0 saturated heterocycles. The molecule has 1 aromatic heterocycles. The lowest BCUT2D eigenvalue weighted by molar-refractivity contribution is 0.0724. The van der Waals surface area contributed by atoms with Crippen molar-refractivity contribution in [2.45, 2.75) is 32.0 Å². The van der Waals surface area contributed by atoms with E-state index in [-0.39, 0.29) is 18.3 Å². The number of carbonyl (C=O) groups is 1. The van der Waals surface area contributed by atoms with Gasteiger partial charge in [0.1, 0.15) is 10.7 Å². The third-order valence-corrected chi connectivity index (χ3v) is 4.58. The van der Waals surface area contributed by atoms with Crippen molar-refractivity contribution in [3.63, 3.8) is 0 Å². The predicted octanol–water partition coefficient (Wildman–Crippen LogP) is 3.48. The molecule has 0 atom stereocenters. The van der Waals surface area contributed by atoms with Crippen LogP contribution < -0.4 is 5.73 Å². The predicted molar refractivity (Wildman–Crippen MR) is 91.6 cm³/mol. The Balaban J connectivity index is 0.00000176. The summed E-state index contributed by atoms with van der Waals surface area (Å²) in [6.07, 6.45) is 2.13. The molecule has 1 aliphatic carbocycles. The first-order valence-corrected chi connectivity index (χ1v) is 8.13. The zero-order chi connectivity index (χ0) is 14.8. The van der Waals surface area contributed by atoms with Crippen molar-refractivity contribution in [1.29, 1.82) is 0 Å². The summed E-state index contributed by atoms with van der Waals surface area (Å²) in [5.74, 6) is -0.0107. The molecule has 0 bridgehead atoms. The monoisotopic (exact) mass is 357 g/mol. The molecule has 1 aromatic carbocycles. The fourth-order valence-corrected chi connectivity index (χ4v) is 2.96. The summed E-state index contributed by atoms with van der Waals surface area (Å²) in [6, 6.07) is 7.94. The highest BCUT2D eigenvalue weighted by atomic mass is 35.5. The lowest BCUT2D eigenvalue weighted by Crippen LogP contribution is -2.32. The van der Waals surface area contributed by atoms with Gasteiger partial charge in [0.25, 0.3) is 5.91 Å². The van der Waals surface area contributed by atoms with Gasteiger partial charge >= 0.3 is 0 Å². The molecular weight excluding hydrogens is 341 g/mol. The number of nitrogens with zero attached hydrogens (tertiary/aromatic N) is 2. The van der Waals surface area contributed by atoms with Crippen LogP contribution in [0.25, 0.3) is 0 Å². The molecule has 118 valence electrons. The van der Waals surface area contributed by atoms with Crippen LogP contribution in [0.2, 0.25) is 5.02 Å². The smallest absolute Gasteiger partial charge is 0.273 e. The largest absolute Gasteiger partial charge is 0.330 e. The molecule has 0 aliphatic heterocycles. The topological polar surface area (TPSA) is 59.2 Å². The molecule has 4 nitrogen and oxygen atoms in total. The number of nitrogens with two attached hydrogens (primary N) is 1. The molecule has 22 heavy (non-hydrogen) atoms. The van der Waals surface area contributed by atoms with E-state index in [1.807, 2.05) is 29.2 Å². The normalized spacial score (nSPS) is 13.5. The van der Waals surface area contributed by atoms with Gasteiger partial charge in [-0.2, -0.15) is 0 Å². The number of benzene rings is 1.